The van der Waals surface area contributed by atoms with Gasteiger partial charge in [-0.15, -0.1) is 0 Å². The number of methoxy groups -OCH3 is 1. The van der Waals surface area contributed by atoms with E-state index >= 15 is 0 Å². The molecule has 0 bridgehead atoms. The van der Waals surface area contributed by atoms with Gasteiger partial charge in [-0.3, -0.25) is 4.99 Å². The maximum Gasteiger partial charge on any atom is 0.194 e. The van der Waals surface area contributed by atoms with Crippen molar-refractivity contribution in [1.29, 1.82) is 0 Å². The van der Waals surface area contributed by atoms with Gasteiger partial charge >= 0.3 is 0 Å². The van der Waals surface area contributed by atoms with Gasteiger partial charge in [0.25, 0.3) is 0 Å². The summed E-state index contributed by atoms with van der Waals surface area (Å²) in [7, 11) is 3.74. The van der Waals surface area contributed by atoms with Crippen molar-refractivity contribution in [2.75, 3.05) is 40.5 Å². The van der Waals surface area contributed by atoms with Gasteiger partial charge in [0.05, 0.1) is 20.3 Å². The van der Waals surface area contributed by atoms with Crippen LogP contribution in [-0.2, 0) is 11.3 Å². The van der Waals surface area contributed by atoms with Gasteiger partial charge in [-0.1, -0.05) is 12.1 Å². The zero-order valence-electron chi connectivity index (χ0n) is 14.5. The van der Waals surface area contributed by atoms with Gasteiger partial charge in [0.15, 0.2) is 5.96 Å². The van der Waals surface area contributed by atoms with Crippen LogP contribution >= 0.6 is 0 Å². The number of benzene rings is 1. The van der Waals surface area contributed by atoms with Crippen LogP contribution in [0.2, 0.25) is 0 Å². The number of aliphatic imine (C=N–C) groups is 1. The average molecular weight is 319 g/mol. The van der Waals surface area contributed by atoms with Crippen LogP contribution in [0.4, 0.5) is 0 Å². The maximum absolute atomic E-state index is 5.64. The zero-order valence-corrected chi connectivity index (χ0v) is 14.5. The van der Waals surface area contributed by atoms with E-state index in [-0.39, 0.29) is 0 Å². The van der Waals surface area contributed by atoms with E-state index in [0.717, 1.165) is 37.3 Å². The largest absolute Gasteiger partial charge is 0.497 e. The molecule has 2 rings (SSSR count). The summed E-state index contributed by atoms with van der Waals surface area (Å²) < 4.78 is 10.8. The molecule has 1 saturated carbocycles. The van der Waals surface area contributed by atoms with E-state index in [2.05, 4.69) is 41.3 Å². The van der Waals surface area contributed by atoms with Crippen LogP contribution in [0.15, 0.2) is 29.3 Å². The van der Waals surface area contributed by atoms with Crippen molar-refractivity contribution in [3.05, 3.63) is 29.8 Å². The highest BCUT2D eigenvalue weighted by molar-refractivity contribution is 5.79. The molecule has 1 N–H and O–H groups in total. The Kier molecular flexibility index (Phi) is 7.20. The molecule has 0 atom stereocenters. The Morgan fingerprint density at radius 3 is 2.65 bits per heavy atom. The van der Waals surface area contributed by atoms with Crippen molar-refractivity contribution in [2.24, 2.45) is 10.9 Å². The van der Waals surface area contributed by atoms with E-state index < -0.39 is 0 Å². The molecule has 0 spiro atoms. The van der Waals surface area contributed by atoms with Crippen LogP contribution in [0.3, 0.4) is 0 Å². The van der Waals surface area contributed by atoms with E-state index in [1.54, 1.807) is 7.11 Å². The lowest BCUT2D eigenvalue weighted by molar-refractivity contribution is 0.131. The molecule has 1 aromatic rings. The lowest BCUT2D eigenvalue weighted by atomic mass is 10.2. The summed E-state index contributed by atoms with van der Waals surface area (Å²) >= 11 is 0. The van der Waals surface area contributed by atoms with E-state index in [9.17, 15) is 0 Å². The Morgan fingerprint density at radius 2 is 2.04 bits per heavy atom. The first-order valence-electron chi connectivity index (χ1n) is 8.43. The smallest absolute Gasteiger partial charge is 0.194 e. The second-order valence-corrected chi connectivity index (χ2v) is 5.96. The fraction of sp³-hybridized carbons (Fsp3) is 0.611. The van der Waals surface area contributed by atoms with Gasteiger partial charge in [0, 0.05) is 26.7 Å². The van der Waals surface area contributed by atoms with E-state index in [1.807, 2.05) is 12.1 Å². The number of guanidine groups is 1. The SMILES string of the molecule is CCNC(=NCCOCC1CC1)N(C)Cc1ccc(OC)cc1. The molecule has 5 heteroatoms. The van der Waals surface area contributed by atoms with Crippen molar-refractivity contribution in [3.8, 4) is 5.75 Å². The van der Waals surface area contributed by atoms with E-state index in [0.29, 0.717) is 13.2 Å². The lowest BCUT2D eigenvalue weighted by Gasteiger charge is -2.22. The van der Waals surface area contributed by atoms with Crippen LogP contribution in [-0.4, -0.2) is 51.3 Å². The highest BCUT2D eigenvalue weighted by Crippen LogP contribution is 2.28. The van der Waals surface area contributed by atoms with Crippen LogP contribution in [0.5, 0.6) is 5.75 Å². The molecule has 0 radical (unpaired) electrons. The summed E-state index contributed by atoms with van der Waals surface area (Å²) in [5.41, 5.74) is 1.23. The molecule has 0 aliphatic heterocycles. The van der Waals surface area contributed by atoms with Crippen molar-refractivity contribution >= 4 is 5.96 Å². The summed E-state index contributed by atoms with van der Waals surface area (Å²) in [6.07, 6.45) is 2.66. The minimum absolute atomic E-state index is 0.696. The second-order valence-electron chi connectivity index (χ2n) is 5.96. The highest BCUT2D eigenvalue weighted by Gasteiger charge is 2.20. The Hall–Kier alpha value is -1.75. The first kappa shape index (κ1) is 17.6. The number of nitrogens with zero attached hydrogens (tertiary/aromatic N) is 2. The van der Waals surface area contributed by atoms with Gasteiger partial charge in [0.1, 0.15) is 5.75 Å². The number of hydrogen-bond donors (Lipinski definition) is 1. The van der Waals surface area contributed by atoms with Gasteiger partial charge in [-0.05, 0) is 43.4 Å². The van der Waals surface area contributed by atoms with Crippen molar-refractivity contribution in [3.63, 3.8) is 0 Å². The maximum atomic E-state index is 5.64. The predicted octanol–water partition coefficient (Wildman–Crippen LogP) is 2.52. The molecular weight excluding hydrogens is 290 g/mol. The van der Waals surface area contributed by atoms with E-state index in [1.165, 1.54) is 18.4 Å². The molecule has 1 aliphatic rings. The van der Waals surface area contributed by atoms with Gasteiger partial charge in [-0.2, -0.15) is 0 Å². The van der Waals surface area contributed by atoms with Gasteiger partial charge in [-0.25, -0.2) is 0 Å². The fourth-order valence-corrected chi connectivity index (χ4v) is 2.30. The summed E-state index contributed by atoms with van der Waals surface area (Å²) in [6.45, 7) is 6.03. The van der Waals surface area contributed by atoms with Crippen LogP contribution in [0, 0.1) is 5.92 Å². The first-order valence-corrected chi connectivity index (χ1v) is 8.43. The van der Waals surface area contributed by atoms with Crippen LogP contribution in [0.25, 0.3) is 0 Å². The summed E-state index contributed by atoms with van der Waals surface area (Å²) in [5.74, 6) is 2.60. The Bertz CT molecular complexity index is 484. The number of nitrogens with one attached hydrogen (secondary N) is 1. The number of ether oxygens (including phenoxy) is 2. The van der Waals surface area contributed by atoms with Crippen LogP contribution in [0.1, 0.15) is 25.3 Å². The molecule has 128 valence electrons. The minimum Gasteiger partial charge on any atom is -0.497 e. The second kappa shape index (κ2) is 9.40. The molecule has 1 aliphatic carbocycles. The topological polar surface area (TPSA) is 46.1 Å². The number of hydrogen-bond acceptors (Lipinski definition) is 3. The quantitative estimate of drug-likeness (QED) is 0.432. The predicted molar refractivity (Wildman–Crippen MR) is 94.0 cm³/mol. The number of rotatable bonds is 9. The first-order chi connectivity index (χ1) is 11.2. The molecule has 0 saturated heterocycles. The molecule has 1 aromatic carbocycles. The highest BCUT2D eigenvalue weighted by atomic mass is 16.5. The fourth-order valence-electron chi connectivity index (χ4n) is 2.30. The summed E-state index contributed by atoms with van der Waals surface area (Å²) in [6, 6.07) is 8.13. The zero-order chi connectivity index (χ0) is 16.5. The third kappa shape index (κ3) is 6.48. The summed E-state index contributed by atoms with van der Waals surface area (Å²) in [4.78, 5) is 6.77. The molecule has 0 amide bonds. The van der Waals surface area contributed by atoms with Crippen molar-refractivity contribution < 1.29 is 9.47 Å². The average Bonchev–Trinajstić information content (AvgIpc) is 3.38. The third-order valence-corrected chi connectivity index (χ3v) is 3.82. The Morgan fingerprint density at radius 1 is 1.30 bits per heavy atom. The molecule has 1 fully saturated rings. The standard InChI is InChI=1S/C18H29N3O2/c1-4-19-18(20-11-12-23-14-16-5-6-16)21(2)13-15-7-9-17(22-3)10-8-15/h7-10,16H,4-6,11-14H2,1-3H3,(H,19,20). The molecule has 0 aromatic heterocycles. The van der Waals surface area contributed by atoms with Crippen molar-refractivity contribution in [1.82, 2.24) is 10.2 Å². The monoisotopic (exact) mass is 319 g/mol. The van der Waals surface area contributed by atoms with Crippen molar-refractivity contribution in [2.45, 2.75) is 26.3 Å². The molecule has 5 nitrogen and oxygen atoms in total. The molecular formula is C18H29N3O2. The van der Waals surface area contributed by atoms with Gasteiger partial charge < -0.3 is 19.7 Å². The summed E-state index contributed by atoms with van der Waals surface area (Å²) in [5, 5.41) is 3.33. The Balaban J connectivity index is 1.81. The molecule has 0 unspecified atom stereocenters. The Labute approximate surface area is 139 Å². The van der Waals surface area contributed by atoms with Crippen LogP contribution < -0.4 is 10.1 Å². The van der Waals surface area contributed by atoms with E-state index in [4.69, 9.17) is 9.47 Å². The molecule has 23 heavy (non-hydrogen) atoms. The van der Waals surface area contributed by atoms with Gasteiger partial charge in [0.2, 0.25) is 0 Å². The normalized spacial score (nSPS) is 14.7. The third-order valence-electron chi connectivity index (χ3n) is 3.82. The minimum atomic E-state index is 0.696. The lowest BCUT2D eigenvalue weighted by Crippen LogP contribution is -2.38. The molecule has 0 heterocycles.